The Morgan fingerprint density at radius 1 is 1.16 bits per heavy atom. The molecule has 0 aromatic carbocycles. The highest BCUT2D eigenvalue weighted by molar-refractivity contribution is 9.10. The number of amides is 1. The number of nitrogens with zero attached hydrogens (tertiary/aromatic N) is 4. The Kier molecular flexibility index (Phi) is 5.05. The number of hydrogen-bond donors (Lipinski definition) is 0. The summed E-state index contributed by atoms with van der Waals surface area (Å²) >= 11 is 5.25. The monoisotopic (exact) mass is 420 g/mol. The van der Waals surface area contributed by atoms with Crippen molar-refractivity contribution in [2.45, 2.75) is 13.0 Å². The largest absolute Gasteiger partial charge is 0.353 e. The molecule has 4 rings (SSSR count). The number of thiophene rings is 1. The first kappa shape index (κ1) is 17.0. The van der Waals surface area contributed by atoms with Gasteiger partial charge in [-0.1, -0.05) is 0 Å². The minimum atomic E-state index is 0.252. The van der Waals surface area contributed by atoms with E-state index in [1.165, 1.54) is 10.4 Å². The quantitative estimate of drug-likeness (QED) is 0.764. The zero-order valence-electron chi connectivity index (χ0n) is 14.0. The number of carbonyl (C=O) groups excluding carboxylic acids is 1. The Morgan fingerprint density at radius 2 is 2.00 bits per heavy atom. The summed E-state index contributed by atoms with van der Waals surface area (Å²) in [5, 5.41) is 2.16. The highest BCUT2D eigenvalue weighted by Gasteiger charge is 2.25. The molecule has 0 spiro atoms. The molecular formula is C18H21BrN4OS. The van der Waals surface area contributed by atoms with Crippen LogP contribution in [0.2, 0.25) is 0 Å². The van der Waals surface area contributed by atoms with Crippen LogP contribution in [-0.2, 0) is 17.8 Å². The van der Waals surface area contributed by atoms with Crippen molar-refractivity contribution in [1.82, 2.24) is 14.8 Å². The van der Waals surface area contributed by atoms with Gasteiger partial charge in [-0.05, 0) is 51.5 Å². The average Bonchev–Trinajstić information content (AvgIpc) is 3.10. The van der Waals surface area contributed by atoms with E-state index < -0.39 is 0 Å². The van der Waals surface area contributed by atoms with E-state index >= 15 is 0 Å². The van der Waals surface area contributed by atoms with Crippen LogP contribution >= 0.6 is 27.3 Å². The summed E-state index contributed by atoms with van der Waals surface area (Å²) in [6.45, 7) is 5.66. The number of anilines is 1. The number of halogens is 1. The van der Waals surface area contributed by atoms with E-state index in [-0.39, 0.29) is 5.91 Å². The molecule has 132 valence electrons. The molecule has 0 atom stereocenters. The van der Waals surface area contributed by atoms with E-state index in [0.29, 0.717) is 6.54 Å². The molecule has 2 aliphatic rings. The minimum Gasteiger partial charge on any atom is -0.353 e. The summed E-state index contributed by atoms with van der Waals surface area (Å²) in [6.07, 6.45) is 2.89. The van der Waals surface area contributed by atoms with Gasteiger partial charge in [-0.15, -0.1) is 11.3 Å². The molecular weight excluding hydrogens is 400 g/mol. The van der Waals surface area contributed by atoms with Crippen LogP contribution in [0.15, 0.2) is 34.2 Å². The lowest BCUT2D eigenvalue weighted by molar-refractivity contribution is -0.132. The summed E-state index contributed by atoms with van der Waals surface area (Å²) in [5.74, 6) is 1.23. The number of piperazine rings is 1. The molecule has 25 heavy (non-hydrogen) atoms. The molecule has 1 fully saturated rings. The molecule has 0 radical (unpaired) electrons. The van der Waals surface area contributed by atoms with E-state index in [9.17, 15) is 4.79 Å². The molecule has 0 saturated carbocycles. The minimum absolute atomic E-state index is 0.252. The van der Waals surface area contributed by atoms with Crippen molar-refractivity contribution in [3.8, 4) is 0 Å². The van der Waals surface area contributed by atoms with Gasteiger partial charge >= 0.3 is 0 Å². The number of fused-ring (bicyclic) bond motifs is 1. The molecule has 0 aliphatic carbocycles. The van der Waals surface area contributed by atoms with Gasteiger partial charge in [-0.25, -0.2) is 4.98 Å². The predicted molar refractivity (Wildman–Crippen MR) is 104 cm³/mol. The van der Waals surface area contributed by atoms with Crippen LogP contribution < -0.4 is 4.90 Å². The molecule has 2 aromatic heterocycles. The van der Waals surface area contributed by atoms with Crippen LogP contribution in [0.4, 0.5) is 5.82 Å². The van der Waals surface area contributed by atoms with Crippen LogP contribution in [-0.4, -0.2) is 60.0 Å². The lowest BCUT2D eigenvalue weighted by Crippen LogP contribution is -2.51. The average molecular weight is 421 g/mol. The number of carbonyl (C=O) groups is 1. The highest BCUT2D eigenvalue weighted by Crippen LogP contribution is 2.24. The third kappa shape index (κ3) is 3.88. The van der Waals surface area contributed by atoms with Crippen molar-refractivity contribution < 1.29 is 4.79 Å². The first-order valence-corrected chi connectivity index (χ1v) is 10.3. The van der Waals surface area contributed by atoms with Gasteiger partial charge in [0.05, 0.1) is 6.54 Å². The molecule has 2 aliphatic heterocycles. The summed E-state index contributed by atoms with van der Waals surface area (Å²) < 4.78 is 0.986. The van der Waals surface area contributed by atoms with Crippen LogP contribution in [0.3, 0.4) is 0 Å². The maximum Gasteiger partial charge on any atom is 0.236 e. The predicted octanol–water partition coefficient (Wildman–Crippen LogP) is 2.61. The third-order valence-electron chi connectivity index (χ3n) is 4.91. The lowest BCUT2D eigenvalue weighted by atomic mass is 10.1. The summed E-state index contributed by atoms with van der Waals surface area (Å²) in [4.78, 5) is 25.1. The van der Waals surface area contributed by atoms with Crippen molar-refractivity contribution in [2.24, 2.45) is 0 Å². The van der Waals surface area contributed by atoms with Gasteiger partial charge in [-0.3, -0.25) is 9.69 Å². The van der Waals surface area contributed by atoms with Gasteiger partial charge in [-0.2, -0.15) is 0 Å². The van der Waals surface area contributed by atoms with Crippen LogP contribution in [0.1, 0.15) is 10.4 Å². The molecule has 0 N–H and O–H groups in total. The van der Waals surface area contributed by atoms with E-state index in [0.717, 1.165) is 56.0 Å². The summed E-state index contributed by atoms with van der Waals surface area (Å²) in [7, 11) is 0. The number of rotatable bonds is 3. The fourth-order valence-electron chi connectivity index (χ4n) is 3.47. The second-order valence-corrected chi connectivity index (χ2v) is 8.45. The second kappa shape index (κ2) is 7.43. The smallest absolute Gasteiger partial charge is 0.236 e. The Balaban J connectivity index is 1.29. The Labute approximate surface area is 160 Å². The van der Waals surface area contributed by atoms with Crippen molar-refractivity contribution in [3.63, 3.8) is 0 Å². The van der Waals surface area contributed by atoms with E-state index in [4.69, 9.17) is 0 Å². The standard InChI is InChI=1S/C18H21BrN4OS/c19-15-1-2-17(20-11-15)22-6-8-23(9-7-22)18(24)13-21-5-3-16-14(12-21)4-10-25-16/h1-2,4,10-11H,3,5-9,12-13H2. The Morgan fingerprint density at radius 3 is 2.76 bits per heavy atom. The van der Waals surface area contributed by atoms with Crippen molar-refractivity contribution in [2.75, 3.05) is 44.2 Å². The molecule has 5 nitrogen and oxygen atoms in total. The fraction of sp³-hybridized carbons (Fsp3) is 0.444. The highest BCUT2D eigenvalue weighted by atomic mass is 79.9. The Hall–Kier alpha value is -1.44. The summed E-state index contributed by atoms with van der Waals surface area (Å²) in [5.41, 5.74) is 1.40. The Bertz CT molecular complexity index is 740. The zero-order valence-corrected chi connectivity index (χ0v) is 16.4. The molecule has 1 amide bonds. The topological polar surface area (TPSA) is 39.7 Å². The number of pyridine rings is 1. The molecule has 7 heteroatoms. The van der Waals surface area contributed by atoms with E-state index in [2.05, 4.69) is 42.2 Å². The van der Waals surface area contributed by atoms with Crippen molar-refractivity contribution in [3.05, 3.63) is 44.7 Å². The van der Waals surface area contributed by atoms with Gasteiger partial charge in [0.15, 0.2) is 0 Å². The fourth-order valence-corrected chi connectivity index (χ4v) is 4.60. The van der Waals surface area contributed by atoms with E-state index in [1.54, 1.807) is 0 Å². The normalized spacial score (nSPS) is 18.3. The van der Waals surface area contributed by atoms with E-state index in [1.807, 2.05) is 34.6 Å². The van der Waals surface area contributed by atoms with Crippen LogP contribution in [0.25, 0.3) is 0 Å². The van der Waals surface area contributed by atoms with Gasteiger partial charge in [0, 0.05) is 54.8 Å². The van der Waals surface area contributed by atoms with Gasteiger partial charge in [0.2, 0.25) is 5.91 Å². The first-order valence-electron chi connectivity index (χ1n) is 8.61. The number of aromatic nitrogens is 1. The molecule has 1 saturated heterocycles. The van der Waals surface area contributed by atoms with Gasteiger partial charge < -0.3 is 9.80 Å². The summed E-state index contributed by atoms with van der Waals surface area (Å²) in [6, 6.07) is 6.23. The molecule has 4 heterocycles. The van der Waals surface area contributed by atoms with Gasteiger partial charge in [0.1, 0.15) is 5.82 Å². The zero-order chi connectivity index (χ0) is 17.2. The van der Waals surface area contributed by atoms with Crippen LogP contribution in [0.5, 0.6) is 0 Å². The maximum atomic E-state index is 12.7. The molecule has 2 aromatic rings. The van der Waals surface area contributed by atoms with Gasteiger partial charge in [0.25, 0.3) is 0 Å². The van der Waals surface area contributed by atoms with Crippen molar-refractivity contribution >= 4 is 39.0 Å². The lowest BCUT2D eigenvalue weighted by Gasteiger charge is -2.36. The SMILES string of the molecule is O=C(CN1CCc2sccc2C1)N1CCN(c2ccc(Br)cn2)CC1. The van der Waals surface area contributed by atoms with Crippen molar-refractivity contribution in [1.29, 1.82) is 0 Å². The second-order valence-electron chi connectivity index (χ2n) is 6.53. The first-order chi connectivity index (χ1) is 12.2. The number of hydrogen-bond acceptors (Lipinski definition) is 5. The maximum absolute atomic E-state index is 12.7. The third-order valence-corrected chi connectivity index (χ3v) is 6.41. The molecule has 0 unspecified atom stereocenters. The van der Waals surface area contributed by atoms with Crippen LogP contribution in [0, 0.1) is 0 Å². The molecule has 0 bridgehead atoms.